The van der Waals surface area contributed by atoms with Crippen LogP contribution in [0.5, 0.6) is 0 Å². The lowest BCUT2D eigenvalue weighted by atomic mass is 9.53. The highest BCUT2D eigenvalue weighted by molar-refractivity contribution is 6.83. The van der Waals surface area contributed by atoms with E-state index in [9.17, 15) is 9.59 Å². The van der Waals surface area contributed by atoms with Crippen molar-refractivity contribution >= 4 is 26.5 Å². The number of benzene rings is 3. The van der Waals surface area contributed by atoms with Gasteiger partial charge in [-0.2, -0.15) is 0 Å². The number of hydrogen-bond donors (Lipinski definition) is 1. The zero-order chi connectivity index (χ0) is 37.6. The normalized spacial score (nSPS) is 11.9. The molecule has 5 aromatic rings. The molecule has 0 spiro atoms. The Morgan fingerprint density at radius 1 is 0.731 bits per heavy atom. The minimum Gasteiger partial charge on any atom is -0.386 e. The molecular weight excluding hydrogens is 652 g/mol. The standard InChI is InChI=1S/C46H55BN2O2Si/c1-10-12-27-47(28-13-11-2)49-41(24-25-42(49)46(51)38-20-16-36(17-21-38)26-29-52(7,8)9)44(43-34(5)30-33(4)31-35(43)6)39-22-23-40(48-39)45(50)37-18-14-32(3)15-19-37/h14-25,30-31,44,48H,10-13,27-28H2,1-9H3/i45+1. The SMILES string of the molecule is CCCCB(CCCC)n1c(C(=O)c2ccc(C#C[Si](C)(C)C)cc2)ccc1C(c1ccc([13C](=O)c2ccc(C)cc2)[nH]1)c1c(C)cc(C)cc1C. The summed E-state index contributed by atoms with van der Waals surface area (Å²) >= 11 is 0. The largest absolute Gasteiger partial charge is 0.386 e. The molecule has 0 saturated carbocycles. The molecule has 3 aromatic carbocycles. The second-order valence-corrected chi connectivity index (χ2v) is 20.4. The maximum Gasteiger partial charge on any atom is 0.260 e. The van der Waals surface area contributed by atoms with E-state index in [1.165, 1.54) is 22.3 Å². The number of hydrogen-bond acceptors (Lipinski definition) is 2. The Kier molecular flexibility index (Phi) is 12.5. The van der Waals surface area contributed by atoms with Gasteiger partial charge in [0.2, 0.25) is 11.6 Å². The highest BCUT2D eigenvalue weighted by Gasteiger charge is 2.32. The molecule has 2 aromatic heterocycles. The Labute approximate surface area is 313 Å². The summed E-state index contributed by atoms with van der Waals surface area (Å²) in [5.41, 5.74) is 14.9. The summed E-state index contributed by atoms with van der Waals surface area (Å²) in [6.07, 6.45) is 6.31. The van der Waals surface area contributed by atoms with Gasteiger partial charge in [-0.3, -0.25) is 9.59 Å². The van der Waals surface area contributed by atoms with Crippen molar-refractivity contribution in [1.82, 2.24) is 9.46 Å². The van der Waals surface area contributed by atoms with E-state index in [0.717, 1.165) is 60.8 Å². The van der Waals surface area contributed by atoms with Crippen LogP contribution in [-0.2, 0) is 0 Å². The molecular formula is C46H55BN2O2Si. The van der Waals surface area contributed by atoms with Crippen LogP contribution in [0.2, 0.25) is 32.3 Å². The summed E-state index contributed by atoms with van der Waals surface area (Å²) in [5, 5.41) is 0. The number of carbonyl (C=O) groups is 2. The molecule has 1 atom stereocenters. The molecule has 2 heterocycles. The molecule has 1 N–H and O–H groups in total. The molecule has 0 amide bonds. The lowest BCUT2D eigenvalue weighted by Gasteiger charge is -2.28. The number of aromatic amines is 1. The first kappa shape index (κ1) is 38.6. The van der Waals surface area contributed by atoms with Crippen molar-refractivity contribution in [3.8, 4) is 11.5 Å². The molecule has 0 fully saturated rings. The van der Waals surface area contributed by atoms with Crippen LogP contribution >= 0.6 is 0 Å². The number of ketones is 2. The predicted molar refractivity (Wildman–Crippen MR) is 222 cm³/mol. The van der Waals surface area contributed by atoms with E-state index in [0.29, 0.717) is 22.5 Å². The van der Waals surface area contributed by atoms with Gasteiger partial charge < -0.3 is 9.46 Å². The minimum atomic E-state index is -1.52. The summed E-state index contributed by atoms with van der Waals surface area (Å²) in [5.74, 6) is 3.10. The quantitative estimate of drug-likeness (QED) is 0.0541. The van der Waals surface area contributed by atoms with E-state index in [1.807, 2.05) is 67.6 Å². The van der Waals surface area contributed by atoms with Gasteiger partial charge in [-0.1, -0.05) is 125 Å². The number of aromatic nitrogens is 2. The first-order valence-electron chi connectivity index (χ1n) is 19.1. The molecule has 4 nitrogen and oxygen atoms in total. The molecule has 268 valence electrons. The van der Waals surface area contributed by atoms with Gasteiger partial charge in [0, 0.05) is 28.1 Å². The molecule has 0 aliphatic heterocycles. The van der Waals surface area contributed by atoms with Gasteiger partial charge in [-0.05, 0) is 92.9 Å². The maximum absolute atomic E-state index is 14.6. The third-order valence-electron chi connectivity index (χ3n) is 9.96. The van der Waals surface area contributed by atoms with Crippen LogP contribution in [0.4, 0.5) is 0 Å². The van der Waals surface area contributed by atoms with Crippen LogP contribution in [-0.4, -0.2) is 36.0 Å². The van der Waals surface area contributed by atoms with E-state index in [2.05, 4.69) is 99.5 Å². The first-order valence-corrected chi connectivity index (χ1v) is 22.6. The zero-order valence-corrected chi connectivity index (χ0v) is 33.7. The van der Waals surface area contributed by atoms with Crippen molar-refractivity contribution < 1.29 is 9.59 Å². The molecule has 0 aliphatic carbocycles. The Morgan fingerprint density at radius 2 is 1.31 bits per heavy atom. The van der Waals surface area contributed by atoms with E-state index in [-0.39, 0.29) is 24.3 Å². The fourth-order valence-electron chi connectivity index (χ4n) is 7.37. The van der Waals surface area contributed by atoms with Gasteiger partial charge in [0.05, 0.1) is 17.3 Å². The number of nitrogens with zero attached hydrogens (tertiary/aromatic N) is 1. The van der Waals surface area contributed by atoms with Crippen LogP contribution in [0, 0.1) is 39.2 Å². The monoisotopic (exact) mass is 707 g/mol. The number of carbonyl (C=O) groups excluding carboxylic acids is 2. The topological polar surface area (TPSA) is 54.9 Å². The first-order chi connectivity index (χ1) is 24.8. The van der Waals surface area contributed by atoms with Gasteiger partial charge in [0.15, 0.2) is 0 Å². The van der Waals surface area contributed by atoms with Crippen molar-refractivity contribution in [2.24, 2.45) is 0 Å². The molecule has 0 aliphatic rings. The third kappa shape index (κ3) is 9.06. The van der Waals surface area contributed by atoms with Crippen LogP contribution in [0.1, 0.15) is 122 Å². The zero-order valence-electron chi connectivity index (χ0n) is 32.7. The Balaban J connectivity index is 1.70. The third-order valence-corrected chi connectivity index (χ3v) is 10.8. The molecule has 52 heavy (non-hydrogen) atoms. The highest BCUT2D eigenvalue weighted by Crippen LogP contribution is 2.38. The molecule has 5 rings (SSSR count). The number of nitrogens with one attached hydrogen (secondary N) is 1. The number of unbranched alkanes of at least 4 members (excludes halogenated alkanes) is 2. The Morgan fingerprint density at radius 3 is 1.88 bits per heavy atom. The minimum absolute atomic E-state index is 0.0202. The summed E-state index contributed by atoms with van der Waals surface area (Å²) in [7, 11) is -1.52. The maximum atomic E-state index is 14.6. The number of aryl methyl sites for hydroxylation is 4. The van der Waals surface area contributed by atoms with Gasteiger partial charge in [-0.25, -0.2) is 0 Å². The van der Waals surface area contributed by atoms with E-state index in [4.69, 9.17) is 0 Å². The summed E-state index contributed by atoms with van der Waals surface area (Å²) in [6.45, 7) is 19.9. The van der Waals surface area contributed by atoms with Crippen molar-refractivity contribution in [3.05, 3.63) is 152 Å². The van der Waals surface area contributed by atoms with E-state index < -0.39 is 8.07 Å². The van der Waals surface area contributed by atoms with Gasteiger partial charge in [0.25, 0.3) is 6.85 Å². The van der Waals surface area contributed by atoms with Crippen molar-refractivity contribution in [1.29, 1.82) is 0 Å². The second-order valence-electron chi connectivity index (χ2n) is 15.6. The van der Waals surface area contributed by atoms with Gasteiger partial charge in [0.1, 0.15) is 8.07 Å². The Hall–Kier alpha value is -4.60. The van der Waals surface area contributed by atoms with E-state index in [1.54, 1.807) is 0 Å². The second kappa shape index (κ2) is 16.8. The van der Waals surface area contributed by atoms with E-state index >= 15 is 0 Å². The molecule has 0 bridgehead atoms. The molecule has 1 unspecified atom stereocenters. The average Bonchev–Trinajstić information content (AvgIpc) is 3.77. The summed E-state index contributed by atoms with van der Waals surface area (Å²) in [4.78, 5) is 31.9. The van der Waals surface area contributed by atoms with Crippen LogP contribution < -0.4 is 0 Å². The fraction of sp³-hybridized carbons (Fsp3) is 0.348. The molecule has 0 saturated heterocycles. The van der Waals surface area contributed by atoms with Crippen molar-refractivity contribution in [3.63, 3.8) is 0 Å². The van der Waals surface area contributed by atoms with Crippen molar-refractivity contribution in [2.45, 2.75) is 105 Å². The molecule has 6 heteroatoms. The predicted octanol–water partition coefficient (Wildman–Crippen LogP) is 11.4. The average molecular weight is 708 g/mol. The van der Waals surface area contributed by atoms with Crippen LogP contribution in [0.25, 0.3) is 0 Å². The van der Waals surface area contributed by atoms with Gasteiger partial charge >= 0.3 is 0 Å². The summed E-state index contributed by atoms with van der Waals surface area (Å²) < 4.78 is 2.37. The molecule has 0 radical (unpaired) electrons. The van der Waals surface area contributed by atoms with Crippen LogP contribution in [0.3, 0.4) is 0 Å². The highest BCUT2D eigenvalue weighted by atomic mass is 28.3. The Bertz CT molecular complexity index is 2050. The lowest BCUT2D eigenvalue weighted by molar-refractivity contribution is 0.102. The number of H-pyrrole nitrogens is 1. The van der Waals surface area contributed by atoms with Crippen LogP contribution in [0.15, 0.2) is 84.9 Å². The van der Waals surface area contributed by atoms with Gasteiger partial charge in [-0.15, -0.1) is 5.54 Å². The fourth-order valence-corrected chi connectivity index (χ4v) is 7.89. The summed E-state index contributed by atoms with van der Waals surface area (Å²) in [6, 6.07) is 28.2. The smallest absolute Gasteiger partial charge is 0.260 e. The lowest BCUT2D eigenvalue weighted by Crippen LogP contribution is -2.31. The van der Waals surface area contributed by atoms with Crippen molar-refractivity contribution in [2.75, 3.05) is 0 Å². The number of rotatable bonds is 14.